The van der Waals surface area contributed by atoms with E-state index in [2.05, 4.69) is 10.3 Å². The van der Waals surface area contributed by atoms with Crippen molar-refractivity contribution < 1.29 is 4.79 Å². The fraction of sp³-hybridized carbons (Fsp3) is 0.333. The molecular weight excluding hydrogens is 234 g/mol. The van der Waals surface area contributed by atoms with Gasteiger partial charge in [-0.1, -0.05) is 6.92 Å². The smallest absolute Gasteiger partial charge is 0.271 e. The van der Waals surface area contributed by atoms with Gasteiger partial charge in [0.25, 0.3) is 5.91 Å². The number of aromatic nitrogens is 2. The highest BCUT2D eigenvalue weighted by Crippen LogP contribution is 2.15. The molecule has 0 spiro atoms. The van der Waals surface area contributed by atoms with Crippen LogP contribution in [0.3, 0.4) is 0 Å². The maximum Gasteiger partial charge on any atom is 0.271 e. The van der Waals surface area contributed by atoms with Crippen molar-refractivity contribution in [3.63, 3.8) is 0 Å². The molecule has 2 aromatic heterocycles. The zero-order valence-electron chi connectivity index (χ0n) is 9.88. The second-order valence-corrected chi connectivity index (χ2v) is 4.72. The third-order valence-corrected chi connectivity index (χ3v) is 3.39. The van der Waals surface area contributed by atoms with Gasteiger partial charge in [-0.2, -0.15) is 0 Å². The van der Waals surface area contributed by atoms with Crippen LogP contribution in [0.15, 0.2) is 29.9 Å². The Morgan fingerprint density at radius 1 is 1.53 bits per heavy atom. The lowest BCUT2D eigenvalue weighted by Crippen LogP contribution is -2.32. The summed E-state index contributed by atoms with van der Waals surface area (Å²) in [4.78, 5) is 16.1. The van der Waals surface area contributed by atoms with Gasteiger partial charge in [0.05, 0.1) is 0 Å². The molecule has 0 aromatic carbocycles. The normalized spacial score (nSPS) is 12.4. The first-order chi connectivity index (χ1) is 8.20. The molecule has 90 valence electrons. The van der Waals surface area contributed by atoms with Gasteiger partial charge < -0.3 is 9.88 Å². The van der Waals surface area contributed by atoms with Crippen LogP contribution in [0.2, 0.25) is 0 Å². The summed E-state index contributed by atoms with van der Waals surface area (Å²) in [6, 6.07) is 4.04. The molecule has 0 bridgehead atoms. The zero-order valence-corrected chi connectivity index (χ0v) is 10.7. The van der Waals surface area contributed by atoms with Crippen LogP contribution < -0.4 is 5.32 Å². The van der Waals surface area contributed by atoms with Crippen LogP contribution >= 0.6 is 11.3 Å². The first kappa shape index (κ1) is 11.9. The van der Waals surface area contributed by atoms with Crippen molar-refractivity contribution in [1.29, 1.82) is 0 Å². The molecule has 0 saturated heterocycles. The van der Waals surface area contributed by atoms with E-state index >= 15 is 0 Å². The van der Waals surface area contributed by atoms with Crippen molar-refractivity contribution in [3.8, 4) is 5.13 Å². The minimum Gasteiger partial charge on any atom is -0.348 e. The van der Waals surface area contributed by atoms with Crippen LogP contribution in [-0.4, -0.2) is 21.5 Å². The lowest BCUT2D eigenvalue weighted by molar-refractivity contribution is 0.0935. The number of rotatable bonds is 4. The minimum atomic E-state index is -0.103. The second-order valence-electron chi connectivity index (χ2n) is 3.89. The molecule has 4 nitrogen and oxygen atoms in total. The molecule has 0 fully saturated rings. The van der Waals surface area contributed by atoms with Crippen LogP contribution in [0, 0.1) is 0 Å². The van der Waals surface area contributed by atoms with Crippen molar-refractivity contribution >= 4 is 17.2 Å². The fourth-order valence-electron chi connectivity index (χ4n) is 1.35. The summed E-state index contributed by atoms with van der Waals surface area (Å²) < 4.78 is 1.89. The summed E-state index contributed by atoms with van der Waals surface area (Å²) in [7, 11) is 0. The predicted molar refractivity (Wildman–Crippen MR) is 68.7 cm³/mol. The highest BCUT2D eigenvalue weighted by Gasteiger charge is 2.12. The SMILES string of the molecule is CCC(C)NC(=O)c1csc(-n2cccc2)n1. The zero-order chi connectivity index (χ0) is 12.3. The van der Waals surface area contributed by atoms with Crippen molar-refractivity contribution in [1.82, 2.24) is 14.9 Å². The summed E-state index contributed by atoms with van der Waals surface area (Å²) in [5.41, 5.74) is 0.485. The van der Waals surface area contributed by atoms with Crippen LogP contribution in [-0.2, 0) is 0 Å². The third-order valence-electron chi connectivity index (χ3n) is 2.54. The lowest BCUT2D eigenvalue weighted by Gasteiger charge is -2.09. The maximum atomic E-state index is 11.8. The van der Waals surface area contributed by atoms with Gasteiger partial charge in [-0.3, -0.25) is 4.79 Å². The van der Waals surface area contributed by atoms with Gasteiger partial charge in [0.15, 0.2) is 5.13 Å². The van der Waals surface area contributed by atoms with Gasteiger partial charge in [-0.15, -0.1) is 11.3 Å². The number of nitrogens with zero attached hydrogens (tertiary/aromatic N) is 2. The molecule has 0 aliphatic rings. The second kappa shape index (κ2) is 5.14. The molecule has 2 heterocycles. The molecule has 1 amide bonds. The van der Waals surface area contributed by atoms with Crippen molar-refractivity contribution in [2.24, 2.45) is 0 Å². The summed E-state index contributed by atoms with van der Waals surface area (Å²) >= 11 is 1.46. The molecule has 1 N–H and O–H groups in total. The third kappa shape index (κ3) is 2.74. The first-order valence-corrected chi connectivity index (χ1v) is 6.48. The molecule has 0 saturated carbocycles. The van der Waals surface area contributed by atoms with Crippen LogP contribution in [0.1, 0.15) is 30.8 Å². The van der Waals surface area contributed by atoms with Gasteiger partial charge >= 0.3 is 0 Å². The maximum absolute atomic E-state index is 11.8. The van der Waals surface area contributed by atoms with Gasteiger partial charge in [-0.25, -0.2) is 4.98 Å². The molecule has 1 unspecified atom stereocenters. The molecule has 0 aliphatic heterocycles. The quantitative estimate of drug-likeness (QED) is 0.904. The Bertz CT molecular complexity index is 490. The molecule has 2 aromatic rings. The van der Waals surface area contributed by atoms with Crippen molar-refractivity contribution in [3.05, 3.63) is 35.6 Å². The molecule has 0 radical (unpaired) electrons. The van der Waals surface area contributed by atoms with Crippen molar-refractivity contribution in [2.45, 2.75) is 26.3 Å². The summed E-state index contributed by atoms with van der Waals surface area (Å²) in [6.07, 6.45) is 4.74. The minimum absolute atomic E-state index is 0.103. The van der Waals surface area contributed by atoms with E-state index in [0.29, 0.717) is 5.69 Å². The Balaban J connectivity index is 2.11. The highest BCUT2D eigenvalue weighted by molar-refractivity contribution is 7.12. The van der Waals surface area contributed by atoms with E-state index in [1.54, 1.807) is 5.38 Å². The monoisotopic (exact) mass is 249 g/mol. The number of hydrogen-bond acceptors (Lipinski definition) is 3. The van der Waals surface area contributed by atoms with E-state index in [1.165, 1.54) is 11.3 Å². The largest absolute Gasteiger partial charge is 0.348 e. The Morgan fingerprint density at radius 2 is 2.24 bits per heavy atom. The lowest BCUT2D eigenvalue weighted by atomic mass is 10.2. The highest BCUT2D eigenvalue weighted by atomic mass is 32.1. The summed E-state index contributed by atoms with van der Waals surface area (Å²) in [5, 5.41) is 5.49. The van der Waals surface area contributed by atoms with Crippen LogP contribution in [0.4, 0.5) is 0 Å². The fourth-order valence-corrected chi connectivity index (χ4v) is 2.12. The van der Waals surface area contributed by atoms with E-state index in [0.717, 1.165) is 11.6 Å². The first-order valence-electron chi connectivity index (χ1n) is 5.60. The summed E-state index contributed by atoms with van der Waals surface area (Å²) in [5.74, 6) is -0.103. The number of amides is 1. The van der Waals surface area contributed by atoms with Gasteiger partial charge in [-0.05, 0) is 25.5 Å². The molecule has 2 rings (SSSR count). The number of carbonyl (C=O) groups excluding carboxylic acids is 1. The molecule has 5 heteroatoms. The van der Waals surface area contributed by atoms with E-state index in [-0.39, 0.29) is 11.9 Å². The van der Waals surface area contributed by atoms with E-state index in [9.17, 15) is 4.79 Å². The average molecular weight is 249 g/mol. The molecule has 17 heavy (non-hydrogen) atoms. The number of carbonyl (C=O) groups is 1. The standard InChI is InChI=1S/C12H15N3OS/c1-3-9(2)13-11(16)10-8-17-12(14-10)15-6-4-5-7-15/h4-9H,3H2,1-2H3,(H,13,16). The molecule has 0 aliphatic carbocycles. The molecular formula is C12H15N3OS. The van der Waals surface area contributed by atoms with E-state index in [4.69, 9.17) is 0 Å². The topological polar surface area (TPSA) is 46.9 Å². The molecule has 1 atom stereocenters. The van der Waals surface area contributed by atoms with Gasteiger partial charge in [0, 0.05) is 23.8 Å². The number of nitrogens with one attached hydrogen (secondary N) is 1. The number of thiazole rings is 1. The van der Waals surface area contributed by atoms with Crippen LogP contribution in [0.5, 0.6) is 0 Å². The van der Waals surface area contributed by atoms with Crippen LogP contribution in [0.25, 0.3) is 5.13 Å². The Hall–Kier alpha value is -1.62. The Kier molecular flexibility index (Phi) is 3.58. The average Bonchev–Trinajstić information content (AvgIpc) is 2.98. The number of hydrogen-bond donors (Lipinski definition) is 1. The predicted octanol–water partition coefficient (Wildman–Crippen LogP) is 2.46. The van der Waals surface area contributed by atoms with E-state index < -0.39 is 0 Å². The van der Waals surface area contributed by atoms with Crippen molar-refractivity contribution in [2.75, 3.05) is 0 Å². The van der Waals surface area contributed by atoms with E-state index in [1.807, 2.05) is 42.9 Å². The Labute approximate surface area is 104 Å². The summed E-state index contributed by atoms with van der Waals surface area (Å²) in [6.45, 7) is 4.02. The Morgan fingerprint density at radius 3 is 2.88 bits per heavy atom. The van der Waals surface area contributed by atoms with Gasteiger partial charge in [0.1, 0.15) is 5.69 Å². The van der Waals surface area contributed by atoms with Gasteiger partial charge in [0.2, 0.25) is 0 Å².